The molecule has 2 unspecified atom stereocenters. The number of hydrogen-bond acceptors (Lipinski definition) is 3. The topological polar surface area (TPSA) is 39.1 Å². The van der Waals surface area contributed by atoms with Crippen molar-refractivity contribution >= 4 is 0 Å². The van der Waals surface area contributed by atoms with Crippen LogP contribution in [-0.4, -0.2) is 22.4 Å². The van der Waals surface area contributed by atoms with Crippen molar-refractivity contribution in [2.45, 2.75) is 25.5 Å². The SMILES string of the molecule is CCNC(c1cnn(C)c1)C1Cc2ccccc2O1. The van der Waals surface area contributed by atoms with E-state index in [1.54, 1.807) is 0 Å². The first-order valence-corrected chi connectivity index (χ1v) is 6.74. The molecule has 0 aliphatic carbocycles. The van der Waals surface area contributed by atoms with Gasteiger partial charge in [0.15, 0.2) is 0 Å². The van der Waals surface area contributed by atoms with Crippen molar-refractivity contribution in [1.82, 2.24) is 15.1 Å². The van der Waals surface area contributed by atoms with Crippen LogP contribution in [0.15, 0.2) is 36.7 Å². The highest BCUT2D eigenvalue weighted by atomic mass is 16.5. The van der Waals surface area contributed by atoms with Gasteiger partial charge in [-0.1, -0.05) is 25.1 Å². The number of likely N-dealkylation sites (N-methyl/N-ethyl adjacent to an activating group) is 1. The molecule has 3 rings (SSSR count). The van der Waals surface area contributed by atoms with Crippen molar-refractivity contribution in [3.05, 3.63) is 47.8 Å². The zero-order valence-electron chi connectivity index (χ0n) is 11.3. The van der Waals surface area contributed by atoms with Crippen LogP contribution < -0.4 is 10.1 Å². The molecule has 1 N–H and O–H groups in total. The molecule has 1 aromatic carbocycles. The summed E-state index contributed by atoms with van der Waals surface area (Å²) in [5.41, 5.74) is 2.47. The summed E-state index contributed by atoms with van der Waals surface area (Å²) in [5.74, 6) is 1.01. The molecule has 1 aliphatic rings. The first-order valence-electron chi connectivity index (χ1n) is 6.74. The summed E-state index contributed by atoms with van der Waals surface area (Å²) < 4.78 is 7.92. The summed E-state index contributed by atoms with van der Waals surface area (Å²) in [6, 6.07) is 8.46. The van der Waals surface area contributed by atoms with E-state index in [-0.39, 0.29) is 12.1 Å². The number of rotatable bonds is 4. The van der Waals surface area contributed by atoms with Gasteiger partial charge in [0.2, 0.25) is 0 Å². The minimum Gasteiger partial charge on any atom is -0.488 e. The fourth-order valence-electron chi connectivity index (χ4n) is 2.68. The molecule has 2 heterocycles. The van der Waals surface area contributed by atoms with Gasteiger partial charge >= 0.3 is 0 Å². The third kappa shape index (κ3) is 2.36. The minimum absolute atomic E-state index is 0.140. The number of nitrogens with one attached hydrogen (secondary N) is 1. The second kappa shape index (κ2) is 5.05. The van der Waals surface area contributed by atoms with Gasteiger partial charge in [-0.15, -0.1) is 0 Å². The maximum atomic E-state index is 6.09. The number of aromatic nitrogens is 2. The zero-order chi connectivity index (χ0) is 13.2. The van der Waals surface area contributed by atoms with Crippen LogP contribution in [-0.2, 0) is 13.5 Å². The fourth-order valence-corrected chi connectivity index (χ4v) is 2.68. The summed E-state index contributed by atoms with van der Waals surface area (Å²) in [5, 5.41) is 7.77. The lowest BCUT2D eigenvalue weighted by Gasteiger charge is -2.23. The van der Waals surface area contributed by atoms with Gasteiger partial charge < -0.3 is 10.1 Å². The molecule has 2 atom stereocenters. The van der Waals surface area contributed by atoms with Crippen LogP contribution in [0, 0.1) is 0 Å². The Balaban J connectivity index is 1.83. The highest BCUT2D eigenvalue weighted by Crippen LogP contribution is 2.33. The van der Waals surface area contributed by atoms with Crippen molar-refractivity contribution in [3.63, 3.8) is 0 Å². The molecular weight excluding hydrogens is 238 g/mol. The van der Waals surface area contributed by atoms with E-state index in [1.165, 1.54) is 11.1 Å². The molecule has 19 heavy (non-hydrogen) atoms. The molecule has 0 bridgehead atoms. The number of ether oxygens (including phenoxy) is 1. The summed E-state index contributed by atoms with van der Waals surface area (Å²) in [4.78, 5) is 0. The highest BCUT2D eigenvalue weighted by Gasteiger charge is 2.31. The van der Waals surface area contributed by atoms with Gasteiger partial charge in [-0.05, 0) is 18.2 Å². The smallest absolute Gasteiger partial charge is 0.123 e. The predicted molar refractivity (Wildman–Crippen MR) is 74.2 cm³/mol. The molecule has 4 heteroatoms. The Morgan fingerprint density at radius 1 is 1.47 bits per heavy atom. The van der Waals surface area contributed by atoms with Gasteiger partial charge in [0, 0.05) is 25.2 Å². The quantitative estimate of drug-likeness (QED) is 0.911. The van der Waals surface area contributed by atoms with Crippen molar-refractivity contribution in [2.75, 3.05) is 6.54 Å². The summed E-state index contributed by atoms with van der Waals surface area (Å²) in [7, 11) is 1.94. The van der Waals surface area contributed by atoms with Crippen molar-refractivity contribution < 1.29 is 4.74 Å². The summed E-state index contributed by atoms with van der Waals surface area (Å²) in [6.07, 6.45) is 5.06. The fraction of sp³-hybridized carbons (Fsp3) is 0.400. The molecule has 0 radical (unpaired) electrons. The van der Waals surface area contributed by atoms with E-state index in [1.807, 2.05) is 30.1 Å². The maximum Gasteiger partial charge on any atom is 0.123 e. The van der Waals surface area contributed by atoms with E-state index in [9.17, 15) is 0 Å². The van der Waals surface area contributed by atoms with Crippen LogP contribution in [0.1, 0.15) is 24.1 Å². The van der Waals surface area contributed by atoms with E-state index < -0.39 is 0 Å². The summed E-state index contributed by atoms with van der Waals surface area (Å²) in [6.45, 7) is 3.03. The van der Waals surface area contributed by atoms with E-state index >= 15 is 0 Å². The Morgan fingerprint density at radius 2 is 2.32 bits per heavy atom. The Kier molecular flexibility index (Phi) is 3.25. The van der Waals surface area contributed by atoms with Crippen LogP contribution >= 0.6 is 0 Å². The van der Waals surface area contributed by atoms with Gasteiger partial charge in [-0.3, -0.25) is 4.68 Å². The number of nitrogens with zero attached hydrogens (tertiary/aromatic N) is 2. The molecule has 4 nitrogen and oxygen atoms in total. The molecule has 0 saturated carbocycles. The van der Waals surface area contributed by atoms with Crippen molar-refractivity contribution in [3.8, 4) is 5.75 Å². The lowest BCUT2D eigenvalue weighted by Crippen LogP contribution is -2.34. The molecule has 0 fully saturated rings. The van der Waals surface area contributed by atoms with Gasteiger partial charge in [0.1, 0.15) is 11.9 Å². The molecule has 0 spiro atoms. The third-order valence-corrected chi connectivity index (χ3v) is 3.55. The van der Waals surface area contributed by atoms with E-state index in [0.717, 1.165) is 18.7 Å². The number of fused-ring (bicyclic) bond motifs is 1. The molecule has 100 valence electrons. The average molecular weight is 257 g/mol. The van der Waals surface area contributed by atoms with E-state index in [0.29, 0.717) is 0 Å². The van der Waals surface area contributed by atoms with Gasteiger partial charge in [-0.25, -0.2) is 0 Å². The van der Waals surface area contributed by atoms with Crippen molar-refractivity contribution in [1.29, 1.82) is 0 Å². The van der Waals surface area contributed by atoms with Crippen LogP contribution in [0.4, 0.5) is 0 Å². The van der Waals surface area contributed by atoms with Crippen LogP contribution in [0.3, 0.4) is 0 Å². The van der Waals surface area contributed by atoms with Crippen LogP contribution in [0.5, 0.6) is 5.75 Å². The lowest BCUT2D eigenvalue weighted by molar-refractivity contribution is 0.179. The number of aryl methyl sites for hydroxylation is 1. The largest absolute Gasteiger partial charge is 0.488 e. The second-order valence-electron chi connectivity index (χ2n) is 4.95. The standard InChI is InChI=1S/C15H19N3O/c1-3-16-15(12-9-17-18(2)10-12)14-8-11-6-4-5-7-13(11)19-14/h4-7,9-10,14-16H,3,8H2,1-2H3. The van der Waals surface area contributed by atoms with Gasteiger partial charge in [0.25, 0.3) is 0 Å². The minimum atomic E-state index is 0.140. The predicted octanol–water partition coefficient (Wildman–Crippen LogP) is 2.07. The molecule has 2 aromatic rings. The van der Waals surface area contributed by atoms with E-state index in [4.69, 9.17) is 4.74 Å². The Bertz CT molecular complexity index is 539. The highest BCUT2D eigenvalue weighted by molar-refractivity contribution is 5.38. The lowest BCUT2D eigenvalue weighted by atomic mass is 10.00. The first-order chi connectivity index (χ1) is 9.28. The molecule has 0 amide bonds. The normalized spacial score (nSPS) is 18.9. The van der Waals surface area contributed by atoms with Gasteiger partial charge in [-0.2, -0.15) is 5.10 Å². The van der Waals surface area contributed by atoms with Crippen LogP contribution in [0.25, 0.3) is 0 Å². The molecule has 1 aromatic heterocycles. The van der Waals surface area contributed by atoms with Crippen molar-refractivity contribution in [2.24, 2.45) is 7.05 Å². The number of para-hydroxylation sites is 1. The third-order valence-electron chi connectivity index (χ3n) is 3.55. The maximum absolute atomic E-state index is 6.09. The summed E-state index contributed by atoms with van der Waals surface area (Å²) >= 11 is 0. The van der Waals surface area contributed by atoms with E-state index in [2.05, 4.69) is 35.7 Å². The Hall–Kier alpha value is -1.81. The van der Waals surface area contributed by atoms with Gasteiger partial charge in [0.05, 0.1) is 12.2 Å². The zero-order valence-corrected chi connectivity index (χ0v) is 11.3. The Morgan fingerprint density at radius 3 is 3.00 bits per heavy atom. The first kappa shape index (κ1) is 12.2. The number of hydrogen-bond donors (Lipinski definition) is 1. The Labute approximate surface area is 113 Å². The second-order valence-corrected chi connectivity index (χ2v) is 4.95. The van der Waals surface area contributed by atoms with Crippen LogP contribution in [0.2, 0.25) is 0 Å². The molecular formula is C15H19N3O. The number of benzene rings is 1. The monoisotopic (exact) mass is 257 g/mol. The molecule has 1 aliphatic heterocycles. The molecule has 0 saturated heterocycles. The average Bonchev–Trinajstić information content (AvgIpc) is 3.01.